The normalized spacial score (nSPS) is 48.7. The van der Waals surface area contributed by atoms with E-state index in [1.807, 2.05) is 12.2 Å². The van der Waals surface area contributed by atoms with Gasteiger partial charge in [0.2, 0.25) is 0 Å². The van der Waals surface area contributed by atoms with E-state index in [-0.39, 0.29) is 23.4 Å². The summed E-state index contributed by atoms with van der Waals surface area (Å²) in [4.78, 5) is 23.9. The van der Waals surface area contributed by atoms with Gasteiger partial charge in [-0.25, -0.2) is 0 Å². The molecule has 0 aromatic heterocycles. The van der Waals surface area contributed by atoms with Crippen molar-refractivity contribution in [2.75, 3.05) is 0 Å². The SMILES string of the molecule is CC1=C/C(=C\[C@@]23C(=O)O[C@@]4(C)CC[C@@H]2C[C@@H]34)NC1=O. The molecule has 5 rings (SSSR count). The maximum atomic E-state index is 12.4. The van der Waals surface area contributed by atoms with Gasteiger partial charge in [0.15, 0.2) is 0 Å². The standard InChI is InChI=1S/C15H17NO3/c1-8-5-10(16-12(8)17)7-15-9-3-4-14(2,11(15)6-9)19-13(15)18/h5,7,9,11H,3-4,6H2,1-2H3,(H,16,17)/b10-7+/t9-,11-,14+,15-/m1/s1. The third kappa shape index (κ3) is 1.15. The highest BCUT2D eigenvalue weighted by Gasteiger charge is 2.74. The van der Waals surface area contributed by atoms with E-state index in [4.69, 9.17) is 4.74 Å². The van der Waals surface area contributed by atoms with Crippen LogP contribution in [0.2, 0.25) is 0 Å². The average molecular weight is 259 g/mol. The van der Waals surface area contributed by atoms with E-state index in [1.54, 1.807) is 6.92 Å². The molecule has 1 N–H and O–H groups in total. The number of hydrogen-bond donors (Lipinski definition) is 1. The lowest BCUT2D eigenvalue weighted by atomic mass is 9.44. The summed E-state index contributed by atoms with van der Waals surface area (Å²) in [5.41, 5.74) is 0.697. The van der Waals surface area contributed by atoms with E-state index in [1.165, 1.54) is 0 Å². The number of esters is 1. The Morgan fingerprint density at radius 1 is 1.47 bits per heavy atom. The predicted molar refractivity (Wildman–Crippen MR) is 67.7 cm³/mol. The maximum Gasteiger partial charge on any atom is 0.317 e. The second kappa shape index (κ2) is 3.11. The second-order valence-corrected chi connectivity index (χ2v) is 6.54. The fourth-order valence-electron chi connectivity index (χ4n) is 4.45. The third-order valence-electron chi connectivity index (χ3n) is 5.56. The summed E-state index contributed by atoms with van der Waals surface area (Å²) in [6, 6.07) is 0. The number of amides is 1. The molecule has 0 unspecified atom stereocenters. The van der Waals surface area contributed by atoms with Crippen LogP contribution in [0, 0.1) is 17.3 Å². The Bertz CT molecular complexity index is 574. The zero-order chi connectivity index (χ0) is 13.4. The number of fused-ring (bicyclic) bond motifs is 1. The van der Waals surface area contributed by atoms with Crippen LogP contribution in [0.25, 0.3) is 0 Å². The van der Waals surface area contributed by atoms with Gasteiger partial charge < -0.3 is 10.1 Å². The first-order chi connectivity index (χ1) is 8.95. The molecule has 0 aromatic rings. The fraction of sp³-hybridized carbons (Fsp3) is 0.600. The van der Waals surface area contributed by atoms with Crippen LogP contribution in [0.15, 0.2) is 23.4 Å². The van der Waals surface area contributed by atoms with Crippen molar-refractivity contribution in [2.45, 2.75) is 38.7 Å². The Kier molecular flexibility index (Phi) is 1.84. The Balaban J connectivity index is 1.78. The predicted octanol–water partition coefficient (Wildman–Crippen LogP) is 1.68. The molecule has 5 aliphatic rings. The van der Waals surface area contributed by atoms with Crippen molar-refractivity contribution in [3.05, 3.63) is 23.4 Å². The van der Waals surface area contributed by atoms with Crippen molar-refractivity contribution in [3.63, 3.8) is 0 Å². The van der Waals surface area contributed by atoms with Gasteiger partial charge in [-0.1, -0.05) is 0 Å². The first-order valence-corrected chi connectivity index (χ1v) is 6.92. The topological polar surface area (TPSA) is 55.4 Å². The summed E-state index contributed by atoms with van der Waals surface area (Å²) in [6.07, 6.45) is 6.88. The molecular weight excluding hydrogens is 242 g/mol. The Hall–Kier alpha value is -1.58. The molecule has 0 spiro atoms. The van der Waals surface area contributed by atoms with Crippen LogP contribution < -0.4 is 5.32 Å². The highest BCUT2D eigenvalue weighted by Crippen LogP contribution is 2.69. The molecule has 2 heterocycles. The summed E-state index contributed by atoms with van der Waals surface area (Å²) >= 11 is 0. The molecular formula is C15H17NO3. The van der Waals surface area contributed by atoms with E-state index in [0.29, 0.717) is 11.5 Å². The summed E-state index contributed by atoms with van der Waals surface area (Å²) in [7, 11) is 0. The zero-order valence-corrected chi connectivity index (χ0v) is 11.2. The van der Waals surface area contributed by atoms with Crippen molar-refractivity contribution >= 4 is 11.9 Å². The van der Waals surface area contributed by atoms with Crippen LogP contribution in [0.3, 0.4) is 0 Å². The lowest BCUT2D eigenvalue weighted by Gasteiger charge is -2.55. The van der Waals surface area contributed by atoms with E-state index in [0.717, 1.165) is 25.0 Å². The largest absolute Gasteiger partial charge is 0.458 e. The fourth-order valence-corrected chi connectivity index (χ4v) is 4.45. The van der Waals surface area contributed by atoms with Gasteiger partial charge >= 0.3 is 5.97 Å². The minimum absolute atomic E-state index is 0.0683. The highest BCUT2D eigenvalue weighted by atomic mass is 16.6. The molecule has 4 bridgehead atoms. The smallest absolute Gasteiger partial charge is 0.317 e. The molecule has 0 radical (unpaired) electrons. The van der Waals surface area contributed by atoms with Crippen molar-refractivity contribution in [3.8, 4) is 0 Å². The van der Waals surface area contributed by atoms with Gasteiger partial charge in [-0.3, -0.25) is 9.59 Å². The Morgan fingerprint density at radius 2 is 2.26 bits per heavy atom. The van der Waals surface area contributed by atoms with Crippen LogP contribution in [-0.2, 0) is 14.3 Å². The summed E-state index contributed by atoms with van der Waals surface area (Å²) in [5.74, 6) is 0.513. The molecule has 4 heteroatoms. The van der Waals surface area contributed by atoms with Crippen LogP contribution in [0.5, 0.6) is 0 Å². The van der Waals surface area contributed by atoms with Crippen LogP contribution in [0.4, 0.5) is 0 Å². The summed E-state index contributed by atoms with van der Waals surface area (Å²) < 4.78 is 5.68. The van der Waals surface area contributed by atoms with E-state index in [2.05, 4.69) is 12.2 Å². The van der Waals surface area contributed by atoms with Gasteiger partial charge in [0, 0.05) is 17.2 Å². The molecule has 0 aromatic carbocycles. The van der Waals surface area contributed by atoms with Crippen molar-refractivity contribution < 1.29 is 14.3 Å². The maximum absolute atomic E-state index is 12.4. The Morgan fingerprint density at radius 3 is 2.89 bits per heavy atom. The van der Waals surface area contributed by atoms with Gasteiger partial charge in [0.25, 0.3) is 5.91 Å². The number of carbonyl (C=O) groups is 2. The number of allylic oxidation sites excluding steroid dienone is 1. The average Bonchev–Trinajstić information content (AvgIpc) is 2.67. The van der Waals surface area contributed by atoms with Gasteiger partial charge in [-0.15, -0.1) is 0 Å². The van der Waals surface area contributed by atoms with E-state index >= 15 is 0 Å². The minimum atomic E-state index is -0.475. The molecule has 4 nitrogen and oxygen atoms in total. The molecule has 4 fully saturated rings. The molecule has 2 aliphatic heterocycles. The Labute approximate surface area is 111 Å². The first-order valence-electron chi connectivity index (χ1n) is 6.92. The second-order valence-electron chi connectivity index (χ2n) is 6.54. The van der Waals surface area contributed by atoms with Gasteiger partial charge in [-0.2, -0.15) is 0 Å². The van der Waals surface area contributed by atoms with Crippen LogP contribution in [-0.4, -0.2) is 17.5 Å². The molecule has 3 aliphatic carbocycles. The minimum Gasteiger partial charge on any atom is -0.458 e. The lowest BCUT2D eigenvalue weighted by molar-refractivity contribution is -0.151. The monoisotopic (exact) mass is 259 g/mol. The van der Waals surface area contributed by atoms with Gasteiger partial charge in [0.1, 0.15) is 5.60 Å². The number of nitrogens with one attached hydrogen (secondary N) is 1. The number of carbonyl (C=O) groups excluding carboxylic acids is 2. The molecule has 19 heavy (non-hydrogen) atoms. The number of ether oxygens (including phenoxy) is 1. The van der Waals surface area contributed by atoms with Crippen molar-refractivity contribution in [1.82, 2.24) is 5.32 Å². The molecule has 3 saturated carbocycles. The van der Waals surface area contributed by atoms with Crippen LogP contribution in [0.1, 0.15) is 33.1 Å². The molecule has 4 atom stereocenters. The van der Waals surface area contributed by atoms with Crippen molar-refractivity contribution in [1.29, 1.82) is 0 Å². The van der Waals surface area contributed by atoms with E-state index < -0.39 is 5.41 Å². The van der Waals surface area contributed by atoms with Crippen molar-refractivity contribution in [2.24, 2.45) is 17.3 Å². The van der Waals surface area contributed by atoms with Gasteiger partial charge in [0.05, 0.1) is 5.41 Å². The first kappa shape index (κ1) is 11.3. The molecule has 1 saturated heterocycles. The summed E-state index contributed by atoms with van der Waals surface area (Å²) in [5, 5.41) is 2.82. The van der Waals surface area contributed by atoms with E-state index in [9.17, 15) is 9.59 Å². The summed E-state index contributed by atoms with van der Waals surface area (Å²) in [6.45, 7) is 3.84. The molecule has 1 amide bonds. The highest BCUT2D eigenvalue weighted by molar-refractivity contribution is 5.98. The lowest BCUT2D eigenvalue weighted by Crippen LogP contribution is -2.57. The third-order valence-corrected chi connectivity index (χ3v) is 5.56. The number of rotatable bonds is 1. The molecule has 100 valence electrons. The van der Waals surface area contributed by atoms with Gasteiger partial charge in [-0.05, 0) is 51.2 Å². The quantitative estimate of drug-likeness (QED) is 0.729. The number of hydrogen-bond acceptors (Lipinski definition) is 3. The zero-order valence-electron chi connectivity index (χ0n) is 11.2. The van der Waals surface area contributed by atoms with Crippen LogP contribution >= 0.6 is 0 Å².